The Balaban J connectivity index is 1.85. The van der Waals surface area contributed by atoms with Crippen molar-refractivity contribution in [2.75, 3.05) is 12.4 Å². The Morgan fingerprint density at radius 2 is 2.00 bits per heavy atom. The number of hydrogen-bond acceptors (Lipinski definition) is 3. The summed E-state index contributed by atoms with van der Waals surface area (Å²) in [5, 5.41) is 3.79. The molecule has 0 spiro atoms. The summed E-state index contributed by atoms with van der Waals surface area (Å²) in [7, 11) is 1.61. The van der Waals surface area contributed by atoms with Crippen molar-refractivity contribution < 1.29 is 13.9 Å². The minimum atomic E-state index is -0.117. The van der Waals surface area contributed by atoms with Crippen LogP contribution in [0.4, 0.5) is 5.69 Å². The molecule has 3 aromatic rings. The minimum absolute atomic E-state index is 0.117. The highest BCUT2D eigenvalue weighted by atomic mass is 16.5. The van der Waals surface area contributed by atoms with Crippen molar-refractivity contribution in [3.63, 3.8) is 0 Å². The van der Waals surface area contributed by atoms with Gasteiger partial charge in [0.05, 0.1) is 12.7 Å². The average molecular weight is 291 g/mol. The number of hydrogen-bond donors (Lipinski definition) is 1. The first-order chi connectivity index (χ1) is 10.8. The summed E-state index contributed by atoms with van der Waals surface area (Å²) >= 11 is 0. The zero-order valence-electron chi connectivity index (χ0n) is 11.9. The predicted molar refractivity (Wildman–Crippen MR) is 85.7 cm³/mol. The van der Waals surface area contributed by atoms with Crippen molar-refractivity contribution in [2.24, 2.45) is 0 Å². The maximum absolute atomic E-state index is 12.1. The number of carbonyl (C=O) groups is 1. The molecular weight excluding hydrogens is 278 g/mol. The van der Waals surface area contributed by atoms with E-state index in [0.29, 0.717) is 22.7 Å². The molecule has 0 aliphatic carbocycles. The van der Waals surface area contributed by atoms with E-state index in [4.69, 9.17) is 9.15 Å². The first-order valence-corrected chi connectivity index (χ1v) is 6.95. The van der Waals surface area contributed by atoms with Crippen molar-refractivity contribution in [2.45, 2.75) is 0 Å². The number of benzene rings is 2. The Morgan fingerprint density at radius 3 is 2.86 bits per heavy atom. The molecule has 1 N–H and O–H groups in total. The summed E-state index contributed by atoms with van der Waals surface area (Å²) in [6, 6.07) is 15.2. The molecule has 4 heteroatoms. The quantitative estimate of drug-likeness (QED) is 0.728. The molecule has 0 radical (unpaired) electrons. The van der Waals surface area contributed by atoms with Crippen LogP contribution in [0, 0.1) is 0 Å². The molecule has 4 nitrogen and oxygen atoms in total. The minimum Gasteiger partial charge on any atom is -0.493 e. The monoisotopic (exact) mass is 291 g/mol. The fourth-order valence-electron chi connectivity index (χ4n) is 2.71. The third-order valence-corrected chi connectivity index (χ3v) is 3.74. The van der Waals surface area contributed by atoms with E-state index in [2.05, 4.69) is 5.32 Å². The van der Waals surface area contributed by atoms with Gasteiger partial charge >= 0.3 is 0 Å². The summed E-state index contributed by atoms with van der Waals surface area (Å²) in [6.07, 6.45) is 1.76. The Labute approximate surface area is 127 Å². The van der Waals surface area contributed by atoms with E-state index in [1.54, 1.807) is 13.2 Å². The van der Waals surface area contributed by atoms with Gasteiger partial charge in [-0.25, -0.2) is 0 Å². The van der Waals surface area contributed by atoms with Crippen molar-refractivity contribution in [1.29, 1.82) is 0 Å². The fourth-order valence-corrected chi connectivity index (χ4v) is 2.71. The van der Waals surface area contributed by atoms with Gasteiger partial charge in [0, 0.05) is 16.6 Å². The van der Waals surface area contributed by atoms with Gasteiger partial charge in [-0.2, -0.15) is 0 Å². The van der Waals surface area contributed by atoms with Gasteiger partial charge in [-0.3, -0.25) is 4.79 Å². The molecule has 22 heavy (non-hydrogen) atoms. The molecule has 1 aliphatic heterocycles. The van der Waals surface area contributed by atoms with Gasteiger partial charge in [0.25, 0.3) is 5.91 Å². The van der Waals surface area contributed by atoms with E-state index in [1.807, 2.05) is 48.5 Å². The number of carbonyl (C=O) groups excluding carboxylic acids is 1. The van der Waals surface area contributed by atoms with Gasteiger partial charge in [-0.15, -0.1) is 0 Å². The van der Waals surface area contributed by atoms with Crippen LogP contribution in [0.2, 0.25) is 0 Å². The first kappa shape index (κ1) is 12.7. The molecule has 108 valence electrons. The molecule has 2 aromatic carbocycles. The first-order valence-electron chi connectivity index (χ1n) is 6.95. The van der Waals surface area contributed by atoms with Gasteiger partial charge < -0.3 is 14.5 Å². The third-order valence-electron chi connectivity index (χ3n) is 3.74. The number of nitrogens with one attached hydrogen (secondary N) is 1. The van der Waals surface area contributed by atoms with Crippen molar-refractivity contribution in [3.8, 4) is 5.75 Å². The Hall–Kier alpha value is -3.01. The van der Waals surface area contributed by atoms with Crippen LogP contribution in [-0.2, 0) is 4.79 Å². The van der Waals surface area contributed by atoms with Crippen LogP contribution in [0.1, 0.15) is 11.3 Å². The second-order valence-corrected chi connectivity index (χ2v) is 5.09. The van der Waals surface area contributed by atoms with Gasteiger partial charge in [-0.05, 0) is 24.3 Å². The summed E-state index contributed by atoms with van der Waals surface area (Å²) < 4.78 is 11.1. The van der Waals surface area contributed by atoms with Crippen LogP contribution < -0.4 is 10.1 Å². The molecule has 0 fully saturated rings. The van der Waals surface area contributed by atoms with E-state index in [0.717, 1.165) is 16.6 Å². The number of para-hydroxylation sites is 2. The molecule has 1 aromatic heterocycles. The molecule has 0 atom stereocenters. The highest BCUT2D eigenvalue weighted by molar-refractivity contribution is 6.34. The molecule has 1 aliphatic rings. The van der Waals surface area contributed by atoms with Gasteiger partial charge in [0.1, 0.15) is 5.76 Å². The summed E-state index contributed by atoms with van der Waals surface area (Å²) in [4.78, 5) is 12.1. The van der Waals surface area contributed by atoms with E-state index in [9.17, 15) is 4.79 Å². The lowest BCUT2D eigenvalue weighted by atomic mass is 10.1. The summed E-state index contributed by atoms with van der Waals surface area (Å²) in [5.74, 6) is 1.19. The molecule has 0 unspecified atom stereocenters. The number of ether oxygens (including phenoxy) is 1. The molecule has 0 saturated heterocycles. The lowest BCUT2D eigenvalue weighted by molar-refractivity contribution is -0.110. The second kappa shape index (κ2) is 4.77. The van der Waals surface area contributed by atoms with E-state index >= 15 is 0 Å². The smallest absolute Gasteiger partial charge is 0.256 e. The highest BCUT2D eigenvalue weighted by Gasteiger charge is 2.23. The molecule has 0 saturated carbocycles. The van der Waals surface area contributed by atoms with Crippen LogP contribution in [0.15, 0.2) is 52.9 Å². The number of fused-ring (bicyclic) bond motifs is 2. The number of methoxy groups -OCH3 is 1. The normalized spacial score (nSPS) is 15.1. The Kier molecular flexibility index (Phi) is 2.76. The maximum atomic E-state index is 12.1. The van der Waals surface area contributed by atoms with E-state index < -0.39 is 0 Å². The standard InChI is InChI=1S/C18H13NO3/c1-21-16-8-4-5-11-9-12(22-17(11)16)10-14-13-6-2-3-7-15(13)19-18(14)20/h2-10H,1H3,(H,19,20)/b14-10+. The number of anilines is 1. The zero-order chi connectivity index (χ0) is 15.1. The van der Waals surface area contributed by atoms with Crippen LogP contribution in [0.5, 0.6) is 5.75 Å². The average Bonchev–Trinajstić information content (AvgIpc) is 3.08. The van der Waals surface area contributed by atoms with Crippen LogP contribution >= 0.6 is 0 Å². The predicted octanol–water partition coefficient (Wildman–Crippen LogP) is 3.93. The lowest BCUT2D eigenvalue weighted by Crippen LogP contribution is -2.03. The molecular formula is C18H13NO3. The maximum Gasteiger partial charge on any atom is 0.256 e. The van der Waals surface area contributed by atoms with Crippen LogP contribution in [0.3, 0.4) is 0 Å². The number of rotatable bonds is 2. The Bertz CT molecular complexity index is 921. The van der Waals surface area contributed by atoms with Gasteiger partial charge in [0.15, 0.2) is 11.3 Å². The van der Waals surface area contributed by atoms with Crippen LogP contribution in [0.25, 0.3) is 22.6 Å². The van der Waals surface area contributed by atoms with E-state index in [1.165, 1.54) is 0 Å². The fraction of sp³-hybridized carbons (Fsp3) is 0.0556. The molecule has 2 heterocycles. The summed E-state index contributed by atoms with van der Waals surface area (Å²) in [6.45, 7) is 0. The number of amides is 1. The van der Waals surface area contributed by atoms with Crippen molar-refractivity contribution >= 4 is 34.2 Å². The van der Waals surface area contributed by atoms with Crippen molar-refractivity contribution in [1.82, 2.24) is 0 Å². The van der Waals surface area contributed by atoms with Crippen LogP contribution in [-0.4, -0.2) is 13.0 Å². The van der Waals surface area contributed by atoms with E-state index in [-0.39, 0.29) is 5.91 Å². The molecule has 4 rings (SSSR count). The number of furan rings is 1. The highest BCUT2D eigenvalue weighted by Crippen LogP contribution is 2.35. The zero-order valence-corrected chi connectivity index (χ0v) is 11.9. The lowest BCUT2D eigenvalue weighted by Gasteiger charge is -1.98. The summed E-state index contributed by atoms with van der Waals surface area (Å²) in [5.41, 5.74) is 3.00. The Morgan fingerprint density at radius 1 is 1.14 bits per heavy atom. The third kappa shape index (κ3) is 1.89. The largest absolute Gasteiger partial charge is 0.493 e. The SMILES string of the molecule is COc1cccc2cc(/C=C3/C(=O)Nc4ccccc43)oc12. The van der Waals surface area contributed by atoms with Crippen molar-refractivity contribution in [3.05, 3.63) is 59.9 Å². The molecule has 0 bridgehead atoms. The van der Waals surface area contributed by atoms with Gasteiger partial charge in [-0.1, -0.05) is 30.3 Å². The molecule has 1 amide bonds. The topological polar surface area (TPSA) is 51.5 Å². The van der Waals surface area contributed by atoms with Gasteiger partial charge in [0.2, 0.25) is 0 Å². The second-order valence-electron chi connectivity index (χ2n) is 5.09.